The van der Waals surface area contributed by atoms with Crippen LogP contribution in [0.3, 0.4) is 0 Å². The molecular weight excluding hydrogens is 212 g/mol. The lowest BCUT2D eigenvalue weighted by Crippen LogP contribution is -2.12. The van der Waals surface area contributed by atoms with Gasteiger partial charge in [-0.2, -0.15) is 0 Å². The molecule has 1 N–H and O–H groups in total. The zero-order chi connectivity index (χ0) is 12.8. The maximum absolute atomic E-state index is 11.3. The van der Waals surface area contributed by atoms with Gasteiger partial charge in [0, 0.05) is 0 Å². The molecule has 17 heavy (non-hydrogen) atoms. The predicted molar refractivity (Wildman–Crippen MR) is 70.2 cm³/mol. The summed E-state index contributed by atoms with van der Waals surface area (Å²) in [5.74, 6) is -0.421. The number of hydrogen-bond donors (Lipinski definition) is 1. The van der Waals surface area contributed by atoms with Gasteiger partial charge in [0.05, 0.1) is 5.92 Å². The van der Waals surface area contributed by atoms with Crippen molar-refractivity contribution >= 4 is 5.97 Å². The van der Waals surface area contributed by atoms with Gasteiger partial charge in [-0.25, -0.2) is 0 Å². The molecule has 0 spiro atoms. The Labute approximate surface area is 104 Å². The lowest BCUT2D eigenvalue weighted by molar-refractivity contribution is -0.139. The van der Waals surface area contributed by atoms with Crippen molar-refractivity contribution in [2.75, 3.05) is 0 Å². The molecule has 0 fully saturated rings. The van der Waals surface area contributed by atoms with Crippen LogP contribution in [-0.4, -0.2) is 11.1 Å². The van der Waals surface area contributed by atoms with E-state index >= 15 is 0 Å². The molecule has 1 unspecified atom stereocenters. The van der Waals surface area contributed by atoms with Crippen molar-refractivity contribution in [3.63, 3.8) is 0 Å². The molecule has 94 valence electrons. The van der Waals surface area contributed by atoms with Gasteiger partial charge in [-0.15, -0.1) is 0 Å². The number of aliphatic carboxylic acids is 1. The van der Waals surface area contributed by atoms with E-state index in [4.69, 9.17) is 0 Å². The van der Waals surface area contributed by atoms with Crippen LogP contribution >= 0.6 is 0 Å². The number of aryl methyl sites for hydroxylation is 1. The highest BCUT2D eigenvalue weighted by atomic mass is 16.4. The smallest absolute Gasteiger partial charge is 0.310 e. The van der Waals surface area contributed by atoms with E-state index in [1.54, 1.807) is 0 Å². The topological polar surface area (TPSA) is 37.3 Å². The maximum Gasteiger partial charge on any atom is 0.310 e. The largest absolute Gasteiger partial charge is 0.481 e. The second kappa shape index (κ2) is 6.43. The summed E-state index contributed by atoms with van der Waals surface area (Å²) in [5, 5.41) is 9.28. The van der Waals surface area contributed by atoms with Crippen LogP contribution in [0.2, 0.25) is 0 Å². The molecule has 0 aliphatic rings. The summed E-state index contributed by atoms with van der Waals surface area (Å²) in [5.41, 5.74) is 2.05. The van der Waals surface area contributed by atoms with Gasteiger partial charge in [0.1, 0.15) is 0 Å². The zero-order valence-corrected chi connectivity index (χ0v) is 10.9. The van der Waals surface area contributed by atoms with E-state index in [0.29, 0.717) is 5.92 Å². The molecule has 1 rings (SSSR count). The van der Waals surface area contributed by atoms with E-state index in [9.17, 15) is 9.90 Å². The normalized spacial score (nSPS) is 12.7. The minimum absolute atomic E-state index is 0.353. The first-order valence-electron chi connectivity index (χ1n) is 6.30. The monoisotopic (exact) mass is 234 g/mol. The first-order chi connectivity index (χ1) is 8.00. The highest BCUT2D eigenvalue weighted by Crippen LogP contribution is 2.24. The first-order valence-corrected chi connectivity index (χ1v) is 6.30. The molecule has 2 nitrogen and oxygen atoms in total. The lowest BCUT2D eigenvalue weighted by Gasteiger charge is -2.14. The summed E-state index contributed by atoms with van der Waals surface area (Å²) in [6.07, 6.45) is 2.80. The average molecular weight is 234 g/mol. The van der Waals surface area contributed by atoms with E-state index in [1.807, 2.05) is 31.2 Å². The predicted octanol–water partition coefficient (Wildman–Crippen LogP) is 3.99. The fourth-order valence-corrected chi connectivity index (χ4v) is 2.05. The van der Waals surface area contributed by atoms with Crippen LogP contribution < -0.4 is 0 Å². The summed E-state index contributed by atoms with van der Waals surface area (Å²) in [6.45, 7) is 6.33. The standard InChI is InChI=1S/C15H22O2/c1-11(2)6-4-9-14(15(16)17)13-8-5-7-12(3)10-13/h5,7-8,10-11,14H,4,6,9H2,1-3H3,(H,16,17). The van der Waals surface area contributed by atoms with Gasteiger partial charge >= 0.3 is 5.97 Å². The Bertz CT molecular complexity index is 369. The van der Waals surface area contributed by atoms with Crippen LogP contribution in [0.4, 0.5) is 0 Å². The number of carboxylic acid groups (broad SMARTS) is 1. The fourth-order valence-electron chi connectivity index (χ4n) is 2.05. The van der Waals surface area contributed by atoms with Crippen molar-refractivity contribution in [2.45, 2.75) is 46.0 Å². The van der Waals surface area contributed by atoms with Gasteiger partial charge in [0.2, 0.25) is 0 Å². The Balaban J connectivity index is 2.69. The molecule has 0 aliphatic heterocycles. The summed E-state index contributed by atoms with van der Waals surface area (Å²) in [6, 6.07) is 7.83. The third-order valence-corrected chi connectivity index (χ3v) is 3.02. The molecule has 0 saturated heterocycles. The molecule has 0 radical (unpaired) electrons. The summed E-state index contributed by atoms with van der Waals surface area (Å²) in [7, 11) is 0. The fraction of sp³-hybridized carbons (Fsp3) is 0.533. The second-order valence-electron chi connectivity index (χ2n) is 5.13. The van der Waals surface area contributed by atoms with Gasteiger partial charge in [-0.1, -0.05) is 56.5 Å². The first kappa shape index (κ1) is 13.8. The molecular formula is C15H22O2. The zero-order valence-electron chi connectivity index (χ0n) is 10.9. The van der Waals surface area contributed by atoms with Gasteiger partial charge in [-0.05, 0) is 24.8 Å². The van der Waals surface area contributed by atoms with E-state index in [0.717, 1.165) is 30.4 Å². The number of rotatable bonds is 6. The highest BCUT2D eigenvalue weighted by molar-refractivity contribution is 5.76. The van der Waals surface area contributed by atoms with Gasteiger partial charge in [0.25, 0.3) is 0 Å². The number of carboxylic acids is 1. The summed E-state index contributed by atoms with van der Waals surface area (Å²) in [4.78, 5) is 11.3. The van der Waals surface area contributed by atoms with Crippen molar-refractivity contribution < 1.29 is 9.90 Å². The Hall–Kier alpha value is -1.31. The van der Waals surface area contributed by atoms with Gasteiger partial charge < -0.3 is 5.11 Å². The van der Waals surface area contributed by atoms with Crippen LogP contribution in [0.15, 0.2) is 24.3 Å². The molecule has 1 aromatic carbocycles. The maximum atomic E-state index is 11.3. The van der Waals surface area contributed by atoms with E-state index in [-0.39, 0.29) is 5.92 Å². The van der Waals surface area contributed by atoms with Crippen LogP contribution in [0.1, 0.15) is 50.2 Å². The SMILES string of the molecule is Cc1cccc(C(CCCC(C)C)C(=O)O)c1. The Morgan fingerprint density at radius 2 is 2.00 bits per heavy atom. The van der Waals surface area contributed by atoms with Crippen molar-refractivity contribution in [1.82, 2.24) is 0 Å². The Kier molecular flexibility index (Phi) is 5.20. The van der Waals surface area contributed by atoms with Crippen LogP contribution in [0.5, 0.6) is 0 Å². The van der Waals surface area contributed by atoms with E-state index in [1.165, 1.54) is 0 Å². The number of hydrogen-bond acceptors (Lipinski definition) is 1. The molecule has 0 saturated carbocycles. The summed E-state index contributed by atoms with van der Waals surface area (Å²) < 4.78 is 0. The average Bonchev–Trinajstić information content (AvgIpc) is 2.23. The van der Waals surface area contributed by atoms with Crippen molar-refractivity contribution in [3.8, 4) is 0 Å². The number of benzene rings is 1. The van der Waals surface area contributed by atoms with Crippen LogP contribution in [0, 0.1) is 12.8 Å². The van der Waals surface area contributed by atoms with Crippen molar-refractivity contribution in [1.29, 1.82) is 0 Å². The minimum atomic E-state index is -0.709. The van der Waals surface area contributed by atoms with Crippen LogP contribution in [0.25, 0.3) is 0 Å². The second-order valence-corrected chi connectivity index (χ2v) is 5.13. The third kappa shape index (κ3) is 4.59. The molecule has 0 heterocycles. The Morgan fingerprint density at radius 3 is 2.53 bits per heavy atom. The molecule has 0 aromatic heterocycles. The van der Waals surface area contributed by atoms with Gasteiger partial charge in [-0.3, -0.25) is 4.79 Å². The highest BCUT2D eigenvalue weighted by Gasteiger charge is 2.19. The minimum Gasteiger partial charge on any atom is -0.481 e. The van der Waals surface area contributed by atoms with Crippen molar-refractivity contribution in [3.05, 3.63) is 35.4 Å². The molecule has 0 aliphatic carbocycles. The quantitative estimate of drug-likeness (QED) is 0.808. The number of carbonyl (C=O) groups is 1. The third-order valence-electron chi connectivity index (χ3n) is 3.02. The van der Waals surface area contributed by atoms with E-state index in [2.05, 4.69) is 13.8 Å². The van der Waals surface area contributed by atoms with E-state index < -0.39 is 5.97 Å². The van der Waals surface area contributed by atoms with Crippen molar-refractivity contribution in [2.24, 2.45) is 5.92 Å². The lowest BCUT2D eigenvalue weighted by atomic mass is 9.91. The van der Waals surface area contributed by atoms with Gasteiger partial charge in [0.15, 0.2) is 0 Å². The molecule has 0 bridgehead atoms. The molecule has 1 aromatic rings. The molecule has 2 heteroatoms. The molecule has 1 atom stereocenters. The Morgan fingerprint density at radius 1 is 1.29 bits per heavy atom. The van der Waals surface area contributed by atoms with Crippen LogP contribution in [-0.2, 0) is 4.79 Å². The summed E-state index contributed by atoms with van der Waals surface area (Å²) >= 11 is 0. The molecule has 0 amide bonds.